The molecule has 1 fully saturated rings. The number of carbonyl (C=O) groups is 2. The number of carbonyl (C=O) groups excluding carboxylic acids is 2. The van der Waals surface area contributed by atoms with Crippen LogP contribution in [0, 0.1) is 5.82 Å². The molecule has 1 N–H and O–H groups in total. The van der Waals surface area contributed by atoms with E-state index >= 15 is 0 Å². The number of amides is 2. The van der Waals surface area contributed by atoms with Gasteiger partial charge in [0.25, 0.3) is 5.91 Å². The Balaban J connectivity index is 1.33. The molecule has 1 aliphatic heterocycles. The summed E-state index contributed by atoms with van der Waals surface area (Å²) in [5.41, 5.74) is 0.811. The zero-order valence-electron chi connectivity index (χ0n) is 15.2. The highest BCUT2D eigenvalue weighted by Crippen LogP contribution is 2.31. The highest BCUT2D eigenvalue weighted by molar-refractivity contribution is 5.96. The first-order valence-electron chi connectivity index (χ1n) is 8.95. The van der Waals surface area contributed by atoms with Crippen molar-refractivity contribution in [1.82, 2.24) is 10.2 Å². The molecule has 2 aromatic carbocycles. The molecule has 2 heterocycles. The van der Waals surface area contributed by atoms with Crippen molar-refractivity contribution in [2.24, 2.45) is 0 Å². The maximum atomic E-state index is 12.9. The van der Waals surface area contributed by atoms with E-state index in [4.69, 9.17) is 9.15 Å². The molecule has 0 radical (unpaired) electrons. The normalized spacial score (nSPS) is 16.1. The first kappa shape index (κ1) is 18.6. The Morgan fingerprint density at radius 2 is 1.93 bits per heavy atom. The Kier molecular flexibility index (Phi) is 5.19. The number of para-hydroxylation sites is 1. The van der Waals surface area contributed by atoms with Crippen LogP contribution in [0.25, 0.3) is 0 Å². The maximum absolute atomic E-state index is 12.9. The zero-order valence-corrected chi connectivity index (χ0v) is 15.2. The van der Waals surface area contributed by atoms with Crippen molar-refractivity contribution < 1.29 is 23.1 Å². The number of rotatable bonds is 6. The van der Waals surface area contributed by atoms with E-state index in [1.165, 1.54) is 24.3 Å². The van der Waals surface area contributed by atoms with Crippen LogP contribution < -0.4 is 15.0 Å². The summed E-state index contributed by atoms with van der Waals surface area (Å²) in [7, 11) is 0. The Labute approximate surface area is 165 Å². The number of hydrogen-bond acceptors (Lipinski definition) is 6. The van der Waals surface area contributed by atoms with E-state index in [1.807, 2.05) is 30.3 Å². The number of nitrogens with one attached hydrogen (secondary N) is 1. The van der Waals surface area contributed by atoms with Gasteiger partial charge in [-0.15, -0.1) is 5.10 Å². The van der Waals surface area contributed by atoms with Crippen LogP contribution in [0.5, 0.6) is 5.75 Å². The molecule has 1 aromatic heterocycles. The molecule has 1 unspecified atom stereocenters. The second-order valence-corrected chi connectivity index (χ2v) is 6.48. The van der Waals surface area contributed by atoms with E-state index in [0.717, 1.165) is 5.69 Å². The number of nitrogens with zero attached hydrogens (tertiary/aromatic N) is 3. The number of ether oxygens (including phenoxy) is 1. The molecule has 148 valence electrons. The lowest BCUT2D eigenvalue weighted by atomic mass is 10.1. The van der Waals surface area contributed by atoms with E-state index in [1.54, 1.807) is 4.90 Å². The summed E-state index contributed by atoms with van der Waals surface area (Å²) in [6, 6.07) is 14.6. The number of hydrogen-bond donors (Lipinski definition) is 1. The van der Waals surface area contributed by atoms with Crippen LogP contribution in [0.4, 0.5) is 16.1 Å². The van der Waals surface area contributed by atoms with Crippen LogP contribution in [-0.2, 0) is 9.59 Å². The molecule has 0 saturated carbocycles. The van der Waals surface area contributed by atoms with Crippen molar-refractivity contribution in [2.75, 3.05) is 23.4 Å². The van der Waals surface area contributed by atoms with Crippen molar-refractivity contribution in [3.8, 4) is 5.75 Å². The van der Waals surface area contributed by atoms with Crippen molar-refractivity contribution in [3.05, 3.63) is 66.3 Å². The van der Waals surface area contributed by atoms with Gasteiger partial charge in [-0.2, -0.15) is 0 Å². The van der Waals surface area contributed by atoms with E-state index in [2.05, 4.69) is 15.5 Å². The van der Waals surface area contributed by atoms with Gasteiger partial charge < -0.3 is 14.1 Å². The molecule has 1 saturated heterocycles. The van der Waals surface area contributed by atoms with Gasteiger partial charge in [0.05, 0.1) is 5.92 Å². The quantitative estimate of drug-likeness (QED) is 0.688. The van der Waals surface area contributed by atoms with Gasteiger partial charge in [0.15, 0.2) is 6.61 Å². The minimum absolute atomic E-state index is 0.0299. The molecular formula is C20H17FN4O4. The van der Waals surface area contributed by atoms with E-state index in [0.29, 0.717) is 12.3 Å². The van der Waals surface area contributed by atoms with Gasteiger partial charge in [0, 0.05) is 18.7 Å². The number of halogens is 1. The predicted octanol–water partition coefficient (Wildman–Crippen LogP) is 2.75. The second kappa shape index (κ2) is 8.09. The summed E-state index contributed by atoms with van der Waals surface area (Å²) >= 11 is 0. The molecule has 0 bridgehead atoms. The van der Waals surface area contributed by atoms with Gasteiger partial charge >= 0.3 is 6.01 Å². The first-order valence-corrected chi connectivity index (χ1v) is 8.95. The highest BCUT2D eigenvalue weighted by Gasteiger charge is 2.35. The van der Waals surface area contributed by atoms with Gasteiger partial charge in [-0.3, -0.25) is 14.9 Å². The lowest BCUT2D eigenvalue weighted by Crippen LogP contribution is -2.24. The molecule has 1 aliphatic rings. The summed E-state index contributed by atoms with van der Waals surface area (Å²) in [5, 5.41) is 10.2. The second-order valence-electron chi connectivity index (χ2n) is 6.48. The van der Waals surface area contributed by atoms with E-state index in [-0.39, 0.29) is 36.8 Å². The highest BCUT2D eigenvalue weighted by atomic mass is 19.1. The molecule has 0 spiro atoms. The summed E-state index contributed by atoms with van der Waals surface area (Å²) in [4.78, 5) is 26.0. The lowest BCUT2D eigenvalue weighted by Gasteiger charge is -2.15. The fraction of sp³-hybridized carbons (Fsp3) is 0.200. The minimum Gasteiger partial charge on any atom is -0.484 e. The summed E-state index contributed by atoms with van der Waals surface area (Å²) < 4.78 is 23.6. The van der Waals surface area contributed by atoms with Crippen molar-refractivity contribution in [2.45, 2.75) is 12.3 Å². The van der Waals surface area contributed by atoms with Crippen LogP contribution in [0.15, 0.2) is 59.0 Å². The van der Waals surface area contributed by atoms with Crippen LogP contribution in [0.2, 0.25) is 0 Å². The van der Waals surface area contributed by atoms with Crippen LogP contribution in [0.1, 0.15) is 18.2 Å². The van der Waals surface area contributed by atoms with Gasteiger partial charge in [0.1, 0.15) is 11.6 Å². The first-order chi connectivity index (χ1) is 14.1. The van der Waals surface area contributed by atoms with Gasteiger partial charge in [0.2, 0.25) is 11.8 Å². The number of aromatic nitrogens is 2. The van der Waals surface area contributed by atoms with Crippen molar-refractivity contribution in [1.29, 1.82) is 0 Å². The van der Waals surface area contributed by atoms with Gasteiger partial charge in [-0.05, 0) is 36.4 Å². The van der Waals surface area contributed by atoms with E-state index < -0.39 is 11.7 Å². The maximum Gasteiger partial charge on any atom is 0.322 e. The Morgan fingerprint density at radius 1 is 1.17 bits per heavy atom. The molecular weight excluding hydrogens is 379 g/mol. The molecule has 2 amide bonds. The molecule has 8 nitrogen and oxygen atoms in total. The minimum atomic E-state index is -0.502. The standard InChI is InChI=1S/C20H17FN4O4/c21-14-6-8-16(9-7-14)28-12-17(26)22-20-24-23-19(29-20)13-10-18(27)25(11-13)15-4-2-1-3-5-15/h1-9,13H,10-12H2,(H,22,24,26). The third-order valence-corrected chi connectivity index (χ3v) is 4.41. The van der Waals surface area contributed by atoms with E-state index in [9.17, 15) is 14.0 Å². The Bertz CT molecular complexity index is 1010. The van der Waals surface area contributed by atoms with Crippen molar-refractivity contribution >= 4 is 23.5 Å². The number of benzene rings is 2. The summed E-state index contributed by atoms with van der Waals surface area (Å²) in [5.74, 6) is -0.534. The molecule has 0 aliphatic carbocycles. The largest absolute Gasteiger partial charge is 0.484 e. The van der Waals surface area contributed by atoms with Gasteiger partial charge in [-0.25, -0.2) is 4.39 Å². The molecule has 1 atom stereocenters. The third kappa shape index (κ3) is 4.40. The monoisotopic (exact) mass is 396 g/mol. The van der Waals surface area contributed by atoms with Crippen molar-refractivity contribution in [3.63, 3.8) is 0 Å². The Morgan fingerprint density at radius 3 is 2.69 bits per heavy atom. The summed E-state index contributed by atoms with van der Waals surface area (Å²) in [6.45, 7) is 0.124. The van der Waals surface area contributed by atoms with Crippen LogP contribution in [-0.4, -0.2) is 35.2 Å². The summed E-state index contributed by atoms with van der Waals surface area (Å²) in [6.07, 6.45) is 0.248. The van der Waals surface area contributed by atoms with Crippen LogP contribution in [0.3, 0.4) is 0 Å². The molecule has 3 aromatic rings. The van der Waals surface area contributed by atoms with Crippen LogP contribution >= 0.6 is 0 Å². The smallest absolute Gasteiger partial charge is 0.322 e. The topological polar surface area (TPSA) is 97.6 Å². The Hall–Kier alpha value is -3.75. The fourth-order valence-electron chi connectivity index (χ4n) is 3.02. The molecule has 9 heteroatoms. The lowest BCUT2D eigenvalue weighted by molar-refractivity contribution is -0.118. The molecule has 4 rings (SSSR count). The molecule has 29 heavy (non-hydrogen) atoms. The fourth-order valence-corrected chi connectivity index (χ4v) is 3.02. The van der Waals surface area contributed by atoms with Gasteiger partial charge in [-0.1, -0.05) is 23.3 Å². The zero-order chi connectivity index (χ0) is 20.2. The number of anilines is 2. The average Bonchev–Trinajstić information content (AvgIpc) is 3.35. The SMILES string of the molecule is O=C(COc1ccc(F)cc1)Nc1nnc(C2CC(=O)N(c3ccccc3)C2)o1. The average molecular weight is 396 g/mol. The third-order valence-electron chi connectivity index (χ3n) is 4.41. The predicted molar refractivity (Wildman–Crippen MR) is 101 cm³/mol.